The summed E-state index contributed by atoms with van der Waals surface area (Å²) in [6.07, 6.45) is 2.21. The van der Waals surface area contributed by atoms with Crippen LogP contribution in [-0.2, 0) is 4.79 Å². The summed E-state index contributed by atoms with van der Waals surface area (Å²) in [4.78, 5) is 10.8. The van der Waals surface area contributed by atoms with E-state index in [4.69, 9.17) is 5.11 Å². The lowest BCUT2D eigenvalue weighted by atomic mass is 10.1. The molecule has 0 aliphatic rings. The van der Waals surface area contributed by atoms with Crippen LogP contribution in [0, 0.1) is 0 Å². The Bertz CT molecular complexity index is 369. The van der Waals surface area contributed by atoms with E-state index in [1.807, 2.05) is 31.2 Å². The molecule has 0 saturated heterocycles. The molecule has 1 aromatic rings. The lowest BCUT2D eigenvalue weighted by Gasteiger charge is -2.00. The van der Waals surface area contributed by atoms with Gasteiger partial charge in [0.2, 0.25) is 0 Å². The summed E-state index contributed by atoms with van der Waals surface area (Å²) in [5, 5.41) is 8.84. The standard InChI is InChI=1S/C11H11BrO2/c1-2-8(11(13)14)7-9-5-3-4-6-10(9)12/h3-7H,2H2,1H3,(H,13,14). The molecule has 2 nitrogen and oxygen atoms in total. The molecule has 0 bridgehead atoms. The number of rotatable bonds is 3. The van der Waals surface area contributed by atoms with E-state index in [1.54, 1.807) is 6.08 Å². The minimum absolute atomic E-state index is 0.414. The van der Waals surface area contributed by atoms with Gasteiger partial charge in [0.05, 0.1) is 0 Å². The summed E-state index contributed by atoms with van der Waals surface area (Å²) in [7, 11) is 0. The van der Waals surface area contributed by atoms with Crippen molar-refractivity contribution in [2.24, 2.45) is 0 Å². The van der Waals surface area contributed by atoms with Gasteiger partial charge in [0.15, 0.2) is 0 Å². The maximum Gasteiger partial charge on any atom is 0.331 e. The number of aliphatic carboxylic acids is 1. The Balaban J connectivity index is 3.07. The molecule has 0 saturated carbocycles. The fourth-order valence-electron chi connectivity index (χ4n) is 1.09. The second-order valence-corrected chi connectivity index (χ2v) is 3.70. The third-order valence-corrected chi connectivity index (χ3v) is 2.61. The van der Waals surface area contributed by atoms with Crippen molar-refractivity contribution in [3.05, 3.63) is 39.9 Å². The van der Waals surface area contributed by atoms with Crippen molar-refractivity contribution in [2.75, 3.05) is 0 Å². The predicted molar refractivity (Wildman–Crippen MR) is 60.0 cm³/mol. The van der Waals surface area contributed by atoms with Crippen LogP contribution in [0.5, 0.6) is 0 Å². The molecule has 0 aliphatic heterocycles. The van der Waals surface area contributed by atoms with Crippen LogP contribution >= 0.6 is 15.9 Å². The SMILES string of the molecule is CCC(=Cc1ccccc1Br)C(=O)O. The van der Waals surface area contributed by atoms with Crippen molar-refractivity contribution in [1.82, 2.24) is 0 Å². The monoisotopic (exact) mass is 254 g/mol. The van der Waals surface area contributed by atoms with Gasteiger partial charge in [-0.15, -0.1) is 0 Å². The first-order valence-electron chi connectivity index (χ1n) is 4.33. The van der Waals surface area contributed by atoms with Gasteiger partial charge in [-0.05, 0) is 24.1 Å². The van der Waals surface area contributed by atoms with Crippen LogP contribution in [-0.4, -0.2) is 11.1 Å². The zero-order valence-electron chi connectivity index (χ0n) is 7.83. The third-order valence-electron chi connectivity index (χ3n) is 1.89. The smallest absolute Gasteiger partial charge is 0.331 e. The number of benzene rings is 1. The van der Waals surface area contributed by atoms with Gasteiger partial charge in [0.25, 0.3) is 0 Å². The van der Waals surface area contributed by atoms with Crippen molar-refractivity contribution in [1.29, 1.82) is 0 Å². The lowest BCUT2D eigenvalue weighted by Crippen LogP contribution is -1.98. The largest absolute Gasteiger partial charge is 0.478 e. The molecule has 0 atom stereocenters. The average molecular weight is 255 g/mol. The predicted octanol–water partition coefficient (Wildman–Crippen LogP) is 3.33. The van der Waals surface area contributed by atoms with Crippen LogP contribution in [0.1, 0.15) is 18.9 Å². The molecule has 0 spiro atoms. The first kappa shape index (κ1) is 11.0. The first-order valence-corrected chi connectivity index (χ1v) is 5.13. The number of hydrogen-bond acceptors (Lipinski definition) is 1. The molecule has 0 fully saturated rings. The van der Waals surface area contributed by atoms with Crippen molar-refractivity contribution in [3.63, 3.8) is 0 Å². The van der Waals surface area contributed by atoms with E-state index >= 15 is 0 Å². The number of carboxylic acids is 1. The summed E-state index contributed by atoms with van der Waals surface area (Å²) in [5.41, 5.74) is 1.31. The summed E-state index contributed by atoms with van der Waals surface area (Å²) in [6.45, 7) is 1.83. The number of halogens is 1. The van der Waals surface area contributed by atoms with Crippen LogP contribution in [0.25, 0.3) is 6.08 Å². The van der Waals surface area contributed by atoms with Gasteiger partial charge in [-0.1, -0.05) is 41.1 Å². The molecule has 1 aromatic carbocycles. The molecule has 0 unspecified atom stereocenters. The van der Waals surface area contributed by atoms with Gasteiger partial charge < -0.3 is 5.11 Å². The Morgan fingerprint density at radius 1 is 1.50 bits per heavy atom. The van der Waals surface area contributed by atoms with Crippen molar-refractivity contribution in [3.8, 4) is 0 Å². The molecular weight excluding hydrogens is 244 g/mol. The third kappa shape index (κ3) is 2.70. The van der Waals surface area contributed by atoms with Crippen LogP contribution in [0.4, 0.5) is 0 Å². The highest BCUT2D eigenvalue weighted by atomic mass is 79.9. The number of carboxylic acid groups (broad SMARTS) is 1. The Hall–Kier alpha value is -1.09. The van der Waals surface area contributed by atoms with E-state index in [9.17, 15) is 4.79 Å². The van der Waals surface area contributed by atoms with Crippen LogP contribution in [0.3, 0.4) is 0 Å². The van der Waals surface area contributed by atoms with Gasteiger partial charge in [0.1, 0.15) is 0 Å². The van der Waals surface area contributed by atoms with Crippen LogP contribution in [0.15, 0.2) is 34.3 Å². The second-order valence-electron chi connectivity index (χ2n) is 2.85. The Morgan fingerprint density at radius 2 is 2.14 bits per heavy atom. The molecule has 0 amide bonds. The lowest BCUT2D eigenvalue weighted by molar-refractivity contribution is -0.132. The second kappa shape index (κ2) is 4.96. The molecule has 1 N–H and O–H groups in total. The molecule has 0 heterocycles. The van der Waals surface area contributed by atoms with Crippen molar-refractivity contribution >= 4 is 28.0 Å². The quantitative estimate of drug-likeness (QED) is 0.841. The molecular formula is C11H11BrO2. The number of hydrogen-bond donors (Lipinski definition) is 1. The van der Waals surface area contributed by atoms with Gasteiger partial charge in [-0.3, -0.25) is 0 Å². The zero-order chi connectivity index (χ0) is 10.6. The zero-order valence-corrected chi connectivity index (χ0v) is 9.41. The van der Waals surface area contributed by atoms with Gasteiger partial charge in [0, 0.05) is 10.0 Å². The summed E-state index contributed by atoms with van der Waals surface area (Å²) in [6, 6.07) is 7.54. The summed E-state index contributed by atoms with van der Waals surface area (Å²) in [5.74, 6) is -0.858. The van der Waals surface area contributed by atoms with Gasteiger partial charge in [-0.2, -0.15) is 0 Å². The van der Waals surface area contributed by atoms with E-state index < -0.39 is 5.97 Å². The molecule has 74 valence electrons. The maximum atomic E-state index is 10.8. The van der Waals surface area contributed by atoms with E-state index in [-0.39, 0.29) is 0 Å². The minimum Gasteiger partial charge on any atom is -0.478 e. The van der Waals surface area contributed by atoms with Gasteiger partial charge in [-0.25, -0.2) is 4.79 Å². The summed E-state index contributed by atoms with van der Waals surface area (Å²) < 4.78 is 0.909. The van der Waals surface area contributed by atoms with Crippen molar-refractivity contribution < 1.29 is 9.90 Å². The number of carbonyl (C=O) groups is 1. The van der Waals surface area contributed by atoms with E-state index in [2.05, 4.69) is 15.9 Å². The molecule has 3 heteroatoms. The molecule has 0 aromatic heterocycles. The topological polar surface area (TPSA) is 37.3 Å². The Kier molecular flexibility index (Phi) is 3.89. The highest BCUT2D eigenvalue weighted by molar-refractivity contribution is 9.10. The Morgan fingerprint density at radius 3 is 2.64 bits per heavy atom. The maximum absolute atomic E-state index is 10.8. The molecule has 14 heavy (non-hydrogen) atoms. The van der Waals surface area contributed by atoms with E-state index in [1.165, 1.54) is 0 Å². The van der Waals surface area contributed by atoms with Crippen molar-refractivity contribution in [2.45, 2.75) is 13.3 Å². The fraction of sp³-hybridized carbons (Fsp3) is 0.182. The minimum atomic E-state index is -0.858. The van der Waals surface area contributed by atoms with Gasteiger partial charge >= 0.3 is 5.97 Å². The Labute approximate surface area is 91.4 Å². The van der Waals surface area contributed by atoms with E-state index in [0.717, 1.165) is 10.0 Å². The van der Waals surface area contributed by atoms with Crippen LogP contribution < -0.4 is 0 Å². The van der Waals surface area contributed by atoms with Crippen LogP contribution in [0.2, 0.25) is 0 Å². The highest BCUT2D eigenvalue weighted by Gasteiger charge is 2.05. The first-order chi connectivity index (χ1) is 6.65. The molecule has 0 aliphatic carbocycles. The fourth-order valence-corrected chi connectivity index (χ4v) is 1.49. The van der Waals surface area contributed by atoms with E-state index in [0.29, 0.717) is 12.0 Å². The summed E-state index contributed by atoms with van der Waals surface area (Å²) >= 11 is 3.37. The normalized spacial score (nSPS) is 11.4. The average Bonchev–Trinajstić information content (AvgIpc) is 2.16. The highest BCUT2D eigenvalue weighted by Crippen LogP contribution is 2.19. The molecule has 1 rings (SSSR count). The molecule has 0 radical (unpaired) electrons.